The molecule has 3 N–H and O–H groups in total. The van der Waals surface area contributed by atoms with Crippen LogP contribution in [0.5, 0.6) is 0 Å². The first kappa shape index (κ1) is 18.5. The summed E-state index contributed by atoms with van der Waals surface area (Å²) >= 11 is 11.8. The maximum Gasteiger partial charge on any atom is 0.407 e. The van der Waals surface area contributed by atoms with Crippen LogP contribution < -0.4 is 5.32 Å². The summed E-state index contributed by atoms with van der Waals surface area (Å²) in [4.78, 5) is 15.4. The molecule has 0 saturated heterocycles. The van der Waals surface area contributed by atoms with E-state index < -0.39 is 18.3 Å². The summed E-state index contributed by atoms with van der Waals surface area (Å²) in [7, 11) is 0. The van der Waals surface area contributed by atoms with Crippen LogP contribution in [0.25, 0.3) is 0 Å². The van der Waals surface area contributed by atoms with E-state index in [0.29, 0.717) is 0 Å². The Bertz CT molecular complexity index is 665. The number of aliphatic hydroxyl groups is 2. The zero-order valence-corrected chi connectivity index (χ0v) is 14.0. The predicted molar refractivity (Wildman–Crippen MR) is 89.9 cm³/mol. The summed E-state index contributed by atoms with van der Waals surface area (Å²) in [5.41, 5.74) is 0.940. The second kappa shape index (κ2) is 8.84. The van der Waals surface area contributed by atoms with Gasteiger partial charge in [0.05, 0.1) is 5.02 Å². The molecule has 0 spiro atoms. The van der Waals surface area contributed by atoms with Crippen molar-refractivity contribution in [2.45, 2.75) is 18.8 Å². The second-order valence-corrected chi connectivity index (χ2v) is 5.72. The Balaban J connectivity index is 1.83. The average molecular weight is 371 g/mol. The van der Waals surface area contributed by atoms with Crippen molar-refractivity contribution in [1.29, 1.82) is 0 Å². The van der Waals surface area contributed by atoms with Crippen LogP contribution in [0.1, 0.15) is 17.2 Å². The summed E-state index contributed by atoms with van der Waals surface area (Å²) in [6.07, 6.45) is -2.05. The van der Waals surface area contributed by atoms with Crippen LogP contribution in [0.4, 0.5) is 4.79 Å². The van der Waals surface area contributed by atoms with Gasteiger partial charge in [-0.3, -0.25) is 0 Å². The van der Waals surface area contributed by atoms with E-state index in [9.17, 15) is 15.0 Å². The lowest BCUT2D eigenvalue weighted by Gasteiger charge is -2.20. The monoisotopic (exact) mass is 370 g/mol. The Labute approximate surface area is 149 Å². The van der Waals surface area contributed by atoms with Crippen LogP contribution in [0.15, 0.2) is 42.6 Å². The number of nitrogens with one attached hydrogen (secondary N) is 1. The molecule has 0 saturated carbocycles. The molecule has 0 radical (unpaired) electrons. The number of carbonyl (C=O) groups excluding carboxylic acids is 1. The molecule has 8 heteroatoms. The van der Waals surface area contributed by atoms with Crippen molar-refractivity contribution < 1.29 is 19.7 Å². The van der Waals surface area contributed by atoms with Gasteiger partial charge in [0.1, 0.15) is 24.0 Å². The number of alkyl carbamates (subject to hydrolysis) is 1. The number of ether oxygens (including phenoxy) is 1. The van der Waals surface area contributed by atoms with Crippen molar-refractivity contribution in [3.05, 3.63) is 63.9 Å². The van der Waals surface area contributed by atoms with Gasteiger partial charge in [-0.1, -0.05) is 53.5 Å². The number of rotatable bonds is 6. The normalized spacial score (nSPS) is 13.2. The molecular weight excluding hydrogens is 355 g/mol. The molecule has 0 aliphatic heterocycles. The number of halogens is 2. The third-order valence-electron chi connectivity index (χ3n) is 3.22. The maximum atomic E-state index is 11.6. The summed E-state index contributed by atoms with van der Waals surface area (Å²) in [5.74, 6) is 0. The molecule has 1 heterocycles. The van der Waals surface area contributed by atoms with E-state index in [1.54, 1.807) is 0 Å². The molecule has 2 rings (SSSR count). The summed E-state index contributed by atoms with van der Waals surface area (Å²) in [6.45, 7) is -0.137. The standard InChI is InChI=1S/C16H16Cl2N2O4/c17-11-6-7-19-15(18)13(11)14(22)12(21)8-20-16(23)24-9-10-4-2-1-3-5-10/h1-7,12,14,21-22H,8-9H2,(H,20,23). The van der Waals surface area contributed by atoms with Gasteiger partial charge in [0.2, 0.25) is 0 Å². The minimum atomic E-state index is -1.40. The Hall–Kier alpha value is -1.86. The van der Waals surface area contributed by atoms with Gasteiger partial charge in [-0.15, -0.1) is 0 Å². The van der Waals surface area contributed by atoms with Crippen LogP contribution >= 0.6 is 23.2 Å². The smallest absolute Gasteiger partial charge is 0.407 e. The minimum Gasteiger partial charge on any atom is -0.445 e. The van der Waals surface area contributed by atoms with Crippen LogP contribution in [0, 0.1) is 0 Å². The number of pyridine rings is 1. The van der Waals surface area contributed by atoms with Gasteiger partial charge < -0.3 is 20.3 Å². The number of nitrogens with zero attached hydrogens (tertiary/aromatic N) is 1. The quantitative estimate of drug-likeness (QED) is 0.680. The average Bonchev–Trinajstić information content (AvgIpc) is 2.58. The first-order valence-corrected chi connectivity index (χ1v) is 7.85. The van der Waals surface area contributed by atoms with Gasteiger partial charge >= 0.3 is 6.09 Å². The zero-order chi connectivity index (χ0) is 17.5. The molecule has 0 aliphatic carbocycles. The number of carbonyl (C=O) groups is 1. The first-order chi connectivity index (χ1) is 11.5. The van der Waals surface area contributed by atoms with E-state index in [0.717, 1.165) is 5.56 Å². The molecular formula is C16H16Cl2N2O4. The molecule has 0 fully saturated rings. The molecule has 24 heavy (non-hydrogen) atoms. The van der Waals surface area contributed by atoms with Gasteiger partial charge in [-0.2, -0.15) is 0 Å². The van der Waals surface area contributed by atoms with Crippen LogP contribution in [-0.2, 0) is 11.3 Å². The van der Waals surface area contributed by atoms with E-state index in [2.05, 4.69) is 10.3 Å². The largest absolute Gasteiger partial charge is 0.445 e. The van der Waals surface area contributed by atoms with Crippen LogP contribution in [-0.4, -0.2) is 33.9 Å². The molecule has 2 aromatic rings. The van der Waals surface area contributed by atoms with E-state index in [1.165, 1.54) is 12.3 Å². The van der Waals surface area contributed by atoms with Gasteiger partial charge in [0.25, 0.3) is 0 Å². The lowest BCUT2D eigenvalue weighted by molar-refractivity contribution is 0.0183. The third-order valence-corrected chi connectivity index (χ3v) is 3.85. The summed E-state index contributed by atoms with van der Waals surface area (Å²) < 4.78 is 5.00. The second-order valence-electron chi connectivity index (χ2n) is 4.95. The van der Waals surface area contributed by atoms with Gasteiger partial charge in [0, 0.05) is 18.3 Å². The number of amides is 1. The Kier molecular flexibility index (Phi) is 6.81. The highest BCUT2D eigenvalue weighted by Crippen LogP contribution is 2.30. The lowest BCUT2D eigenvalue weighted by atomic mass is 10.1. The highest BCUT2D eigenvalue weighted by atomic mass is 35.5. The number of aromatic nitrogens is 1. The number of benzene rings is 1. The fourth-order valence-electron chi connectivity index (χ4n) is 1.96. The van der Waals surface area contributed by atoms with E-state index in [4.69, 9.17) is 27.9 Å². The maximum absolute atomic E-state index is 11.6. The minimum absolute atomic E-state index is 0.0132. The van der Waals surface area contributed by atoms with E-state index in [1.807, 2.05) is 30.3 Å². The van der Waals surface area contributed by atoms with Gasteiger partial charge in [-0.25, -0.2) is 9.78 Å². The topological polar surface area (TPSA) is 91.7 Å². The number of aliphatic hydroxyl groups excluding tert-OH is 2. The van der Waals surface area contributed by atoms with Crippen molar-refractivity contribution in [1.82, 2.24) is 10.3 Å². The van der Waals surface area contributed by atoms with Crippen molar-refractivity contribution in [3.63, 3.8) is 0 Å². The zero-order valence-electron chi connectivity index (χ0n) is 12.5. The van der Waals surface area contributed by atoms with Crippen molar-refractivity contribution >= 4 is 29.3 Å². The Morgan fingerprint density at radius 3 is 2.58 bits per heavy atom. The molecule has 1 aromatic carbocycles. The Morgan fingerprint density at radius 1 is 1.21 bits per heavy atom. The Morgan fingerprint density at radius 2 is 1.92 bits per heavy atom. The molecule has 0 aliphatic rings. The van der Waals surface area contributed by atoms with E-state index in [-0.39, 0.29) is 28.9 Å². The SMILES string of the molecule is O=C(NCC(O)C(O)c1c(Cl)ccnc1Cl)OCc1ccccc1. The predicted octanol–water partition coefficient (Wildman–Crippen LogP) is 2.71. The third kappa shape index (κ3) is 5.07. The fraction of sp³-hybridized carbons (Fsp3) is 0.250. The molecule has 1 amide bonds. The van der Waals surface area contributed by atoms with Crippen molar-refractivity contribution in [2.75, 3.05) is 6.54 Å². The molecule has 1 aromatic heterocycles. The van der Waals surface area contributed by atoms with Crippen molar-refractivity contribution in [3.8, 4) is 0 Å². The summed E-state index contributed by atoms with van der Waals surface area (Å²) in [6, 6.07) is 10.6. The van der Waals surface area contributed by atoms with Gasteiger partial charge in [0.15, 0.2) is 0 Å². The number of hydrogen-bond acceptors (Lipinski definition) is 5. The van der Waals surface area contributed by atoms with Gasteiger partial charge in [-0.05, 0) is 11.6 Å². The molecule has 0 bridgehead atoms. The van der Waals surface area contributed by atoms with E-state index >= 15 is 0 Å². The van der Waals surface area contributed by atoms with Crippen LogP contribution in [0.3, 0.4) is 0 Å². The highest BCUT2D eigenvalue weighted by molar-refractivity contribution is 6.35. The highest BCUT2D eigenvalue weighted by Gasteiger charge is 2.24. The molecule has 2 atom stereocenters. The number of hydrogen-bond donors (Lipinski definition) is 3. The fourth-order valence-corrected chi connectivity index (χ4v) is 2.53. The molecule has 2 unspecified atom stereocenters. The summed E-state index contributed by atoms with van der Waals surface area (Å²) in [5, 5.41) is 22.6. The van der Waals surface area contributed by atoms with Crippen molar-refractivity contribution in [2.24, 2.45) is 0 Å². The molecule has 6 nitrogen and oxygen atoms in total. The first-order valence-electron chi connectivity index (χ1n) is 7.09. The lowest BCUT2D eigenvalue weighted by Crippen LogP contribution is -2.36. The molecule has 128 valence electrons. The van der Waals surface area contributed by atoms with Crippen LogP contribution in [0.2, 0.25) is 10.2 Å².